The Labute approximate surface area is 70.5 Å². The molecule has 1 aliphatic carbocycles. The smallest absolute Gasteiger partial charge is 0 e. The third-order valence-electron chi connectivity index (χ3n) is 0.889. The SMILES string of the molecule is C1=CC=CC=CC=C1.[Ti]. The molecule has 0 aromatic carbocycles. The second kappa shape index (κ2) is 5.80. The van der Waals surface area contributed by atoms with E-state index in [-0.39, 0.29) is 21.7 Å². The van der Waals surface area contributed by atoms with Crippen LogP contribution in [0, 0.1) is 0 Å². The molecule has 0 atom stereocenters. The first-order valence-electron chi connectivity index (χ1n) is 2.67. The maximum atomic E-state index is 2.00. The molecule has 0 saturated carbocycles. The fourth-order valence-corrected chi connectivity index (χ4v) is 0.513. The van der Waals surface area contributed by atoms with Crippen LogP contribution in [0.25, 0.3) is 0 Å². The number of rotatable bonds is 0. The molecule has 0 unspecified atom stereocenters. The van der Waals surface area contributed by atoms with Crippen LogP contribution in [0.4, 0.5) is 0 Å². The van der Waals surface area contributed by atoms with Crippen molar-refractivity contribution in [3.63, 3.8) is 0 Å². The van der Waals surface area contributed by atoms with Gasteiger partial charge in [-0.25, -0.2) is 0 Å². The summed E-state index contributed by atoms with van der Waals surface area (Å²) in [4.78, 5) is 0. The van der Waals surface area contributed by atoms with Gasteiger partial charge >= 0.3 is 0 Å². The van der Waals surface area contributed by atoms with Crippen LogP contribution in [0.2, 0.25) is 0 Å². The van der Waals surface area contributed by atoms with Crippen molar-refractivity contribution in [2.24, 2.45) is 0 Å². The number of hydrogen-bond acceptors (Lipinski definition) is 0. The maximum absolute atomic E-state index is 2.00. The molecule has 0 N–H and O–H groups in total. The van der Waals surface area contributed by atoms with Crippen molar-refractivity contribution in [2.45, 2.75) is 0 Å². The summed E-state index contributed by atoms with van der Waals surface area (Å²) in [6.07, 6.45) is 16.0. The van der Waals surface area contributed by atoms with Crippen LogP contribution >= 0.6 is 0 Å². The Hall–Kier alpha value is -0.326. The summed E-state index contributed by atoms with van der Waals surface area (Å²) in [5.74, 6) is 0. The van der Waals surface area contributed by atoms with E-state index < -0.39 is 0 Å². The molecule has 0 nitrogen and oxygen atoms in total. The fraction of sp³-hybridized carbons (Fsp3) is 0. The average Bonchev–Trinajstić information content (AvgIpc) is 1.62. The largest absolute Gasteiger partial charge is 0.0623 e. The Bertz CT molecular complexity index is 105. The van der Waals surface area contributed by atoms with E-state index in [4.69, 9.17) is 0 Å². The van der Waals surface area contributed by atoms with Crippen molar-refractivity contribution in [3.05, 3.63) is 48.6 Å². The van der Waals surface area contributed by atoms with Crippen molar-refractivity contribution in [1.82, 2.24) is 0 Å². The zero-order chi connectivity index (χ0) is 5.66. The van der Waals surface area contributed by atoms with E-state index in [0.717, 1.165) is 0 Å². The van der Waals surface area contributed by atoms with E-state index >= 15 is 0 Å². The maximum Gasteiger partial charge on any atom is 0 e. The van der Waals surface area contributed by atoms with E-state index in [1.165, 1.54) is 0 Å². The van der Waals surface area contributed by atoms with Crippen molar-refractivity contribution in [1.29, 1.82) is 0 Å². The molecule has 1 aliphatic rings. The van der Waals surface area contributed by atoms with E-state index in [9.17, 15) is 0 Å². The predicted molar refractivity (Wildman–Crippen MR) is 36.6 cm³/mol. The van der Waals surface area contributed by atoms with Crippen LogP contribution in [0.15, 0.2) is 48.6 Å². The fourth-order valence-electron chi connectivity index (χ4n) is 0.513. The molecule has 0 radical (unpaired) electrons. The molecule has 44 valence electrons. The third-order valence-corrected chi connectivity index (χ3v) is 0.889. The number of hydrogen-bond donors (Lipinski definition) is 0. The molecule has 0 aromatic rings. The van der Waals surface area contributed by atoms with E-state index in [0.29, 0.717) is 0 Å². The van der Waals surface area contributed by atoms with Gasteiger partial charge in [-0.3, -0.25) is 0 Å². The van der Waals surface area contributed by atoms with Crippen molar-refractivity contribution in [2.75, 3.05) is 0 Å². The minimum Gasteiger partial charge on any atom is -0.0623 e. The third kappa shape index (κ3) is 4.20. The summed E-state index contributed by atoms with van der Waals surface area (Å²) in [5, 5.41) is 0. The Morgan fingerprint density at radius 2 is 0.444 bits per heavy atom. The Morgan fingerprint density at radius 1 is 0.333 bits per heavy atom. The summed E-state index contributed by atoms with van der Waals surface area (Å²) in [6.45, 7) is 0. The Morgan fingerprint density at radius 3 is 0.556 bits per heavy atom. The minimum absolute atomic E-state index is 0. The monoisotopic (exact) mass is 152 g/mol. The van der Waals surface area contributed by atoms with Gasteiger partial charge in [-0.1, -0.05) is 48.6 Å². The van der Waals surface area contributed by atoms with Crippen LogP contribution in [-0.4, -0.2) is 0 Å². The first kappa shape index (κ1) is 8.67. The second-order valence-corrected chi connectivity index (χ2v) is 1.54. The van der Waals surface area contributed by atoms with Gasteiger partial charge in [0.2, 0.25) is 0 Å². The van der Waals surface area contributed by atoms with Crippen LogP contribution < -0.4 is 0 Å². The zero-order valence-electron chi connectivity index (χ0n) is 5.12. The normalized spacial score (nSPS) is 14.2. The van der Waals surface area contributed by atoms with E-state index in [1.807, 2.05) is 48.6 Å². The summed E-state index contributed by atoms with van der Waals surface area (Å²) in [7, 11) is 0. The van der Waals surface area contributed by atoms with Gasteiger partial charge in [0, 0.05) is 21.7 Å². The van der Waals surface area contributed by atoms with Crippen LogP contribution in [0.5, 0.6) is 0 Å². The molecule has 0 fully saturated rings. The summed E-state index contributed by atoms with van der Waals surface area (Å²) >= 11 is 0. The second-order valence-electron chi connectivity index (χ2n) is 1.54. The van der Waals surface area contributed by atoms with Crippen molar-refractivity contribution in [3.8, 4) is 0 Å². The van der Waals surface area contributed by atoms with Gasteiger partial charge in [-0.15, -0.1) is 0 Å². The molecule has 0 amide bonds. The zero-order valence-corrected chi connectivity index (χ0v) is 6.68. The van der Waals surface area contributed by atoms with Gasteiger partial charge in [0.25, 0.3) is 0 Å². The first-order valence-corrected chi connectivity index (χ1v) is 2.67. The van der Waals surface area contributed by atoms with Crippen LogP contribution in [-0.2, 0) is 21.7 Å². The number of allylic oxidation sites excluding steroid dienone is 8. The molecule has 0 bridgehead atoms. The summed E-state index contributed by atoms with van der Waals surface area (Å²) in [5.41, 5.74) is 0. The van der Waals surface area contributed by atoms with E-state index in [2.05, 4.69) is 0 Å². The Kier molecular flexibility index (Phi) is 5.59. The van der Waals surface area contributed by atoms with Gasteiger partial charge in [-0.05, 0) is 0 Å². The average molecular weight is 152 g/mol. The topological polar surface area (TPSA) is 0 Å². The van der Waals surface area contributed by atoms with Crippen LogP contribution in [0.3, 0.4) is 0 Å². The molecule has 0 spiro atoms. The van der Waals surface area contributed by atoms with Gasteiger partial charge < -0.3 is 0 Å². The molecule has 9 heavy (non-hydrogen) atoms. The van der Waals surface area contributed by atoms with Crippen LogP contribution in [0.1, 0.15) is 0 Å². The molecule has 0 heterocycles. The molecular formula is C8H8Ti. The molecule has 1 rings (SSSR count). The van der Waals surface area contributed by atoms with Gasteiger partial charge in [0.1, 0.15) is 0 Å². The molecule has 0 saturated heterocycles. The van der Waals surface area contributed by atoms with Crippen molar-refractivity contribution >= 4 is 0 Å². The Balaban J connectivity index is 0.000000640. The van der Waals surface area contributed by atoms with Crippen molar-refractivity contribution < 1.29 is 21.7 Å². The van der Waals surface area contributed by atoms with Gasteiger partial charge in [-0.2, -0.15) is 0 Å². The summed E-state index contributed by atoms with van der Waals surface area (Å²) in [6, 6.07) is 0. The molecule has 1 heteroatoms. The minimum atomic E-state index is 0. The van der Waals surface area contributed by atoms with Gasteiger partial charge in [0.15, 0.2) is 0 Å². The molecular weight excluding hydrogens is 144 g/mol. The van der Waals surface area contributed by atoms with E-state index in [1.54, 1.807) is 0 Å². The standard InChI is InChI=1S/C8H8.Ti/c1-2-4-6-8-7-5-3-1;/h1-8H;. The molecule has 0 aromatic heterocycles. The first-order chi connectivity index (χ1) is 4.00. The molecule has 0 aliphatic heterocycles. The summed E-state index contributed by atoms with van der Waals surface area (Å²) < 4.78 is 0. The van der Waals surface area contributed by atoms with Gasteiger partial charge in [0.05, 0.1) is 0 Å². The quantitative estimate of drug-likeness (QED) is 0.467. The predicted octanol–water partition coefficient (Wildman–Crippen LogP) is 2.22.